The first-order valence-electron chi connectivity index (χ1n) is 7.81. The van der Waals surface area contributed by atoms with E-state index in [1.165, 1.54) is 12.1 Å². The van der Waals surface area contributed by atoms with Crippen LogP contribution in [0.15, 0.2) is 53.4 Å². The molecule has 0 aliphatic heterocycles. The molecule has 0 saturated heterocycles. The summed E-state index contributed by atoms with van der Waals surface area (Å²) < 4.78 is 28.6. The van der Waals surface area contributed by atoms with Gasteiger partial charge in [0.05, 0.1) is 11.5 Å². The van der Waals surface area contributed by atoms with Crippen LogP contribution in [0.1, 0.15) is 16.8 Å². The first-order chi connectivity index (χ1) is 11.8. The van der Waals surface area contributed by atoms with Crippen molar-refractivity contribution in [3.63, 3.8) is 0 Å². The summed E-state index contributed by atoms with van der Waals surface area (Å²) in [5.41, 5.74) is 6.79. The second-order valence-corrected chi connectivity index (χ2v) is 7.82. The zero-order valence-corrected chi connectivity index (χ0v) is 16.3. The lowest BCUT2D eigenvalue weighted by atomic mass is 10.2. The predicted molar refractivity (Wildman–Crippen MR) is 105 cm³/mol. The van der Waals surface area contributed by atoms with Crippen LogP contribution in [0.2, 0.25) is 0 Å². The third kappa shape index (κ3) is 6.24. The maximum Gasteiger partial charge on any atom is 0.253 e. The van der Waals surface area contributed by atoms with Crippen LogP contribution >= 0.6 is 12.4 Å². The predicted octanol–water partition coefficient (Wildman–Crippen LogP) is 2.64. The van der Waals surface area contributed by atoms with Gasteiger partial charge in [0.25, 0.3) is 5.91 Å². The highest BCUT2D eigenvalue weighted by Crippen LogP contribution is 2.17. The number of carbonyl (C=O) groups is 1. The van der Waals surface area contributed by atoms with Gasteiger partial charge < -0.3 is 15.4 Å². The van der Waals surface area contributed by atoms with Crippen LogP contribution in [0, 0.1) is 0 Å². The number of amides is 1. The lowest BCUT2D eigenvalue weighted by Crippen LogP contribution is -2.28. The SMILES string of the molecule is CN(CCCOc1cccc(S(C)(=O)=O)c1)C(=O)c1cccc(N)c1.Cl. The van der Waals surface area contributed by atoms with Gasteiger partial charge in [0.2, 0.25) is 0 Å². The maximum absolute atomic E-state index is 12.3. The highest BCUT2D eigenvalue weighted by atomic mass is 35.5. The Labute approximate surface area is 160 Å². The van der Waals surface area contributed by atoms with Gasteiger partial charge in [0.1, 0.15) is 5.75 Å². The number of hydrogen-bond acceptors (Lipinski definition) is 5. The third-order valence-electron chi connectivity index (χ3n) is 3.62. The van der Waals surface area contributed by atoms with Crippen molar-refractivity contribution in [1.29, 1.82) is 0 Å². The second-order valence-electron chi connectivity index (χ2n) is 5.80. The van der Waals surface area contributed by atoms with Crippen LogP contribution in [0.3, 0.4) is 0 Å². The molecule has 0 bridgehead atoms. The molecule has 142 valence electrons. The monoisotopic (exact) mass is 398 g/mol. The number of sulfone groups is 1. The van der Waals surface area contributed by atoms with Crippen LogP contribution in [0.5, 0.6) is 5.75 Å². The number of nitrogen functional groups attached to an aromatic ring is 1. The molecule has 26 heavy (non-hydrogen) atoms. The van der Waals surface area contributed by atoms with Crippen LogP contribution < -0.4 is 10.5 Å². The molecular weight excluding hydrogens is 376 g/mol. The molecule has 0 fully saturated rings. The molecular formula is C18H23ClN2O4S. The molecule has 2 aromatic carbocycles. The van der Waals surface area contributed by atoms with Crippen molar-refractivity contribution >= 4 is 33.8 Å². The number of hydrogen-bond donors (Lipinski definition) is 1. The van der Waals surface area contributed by atoms with Crippen LogP contribution in [0.4, 0.5) is 5.69 Å². The van der Waals surface area contributed by atoms with Crippen LogP contribution in [0.25, 0.3) is 0 Å². The number of halogens is 1. The Bertz CT molecular complexity index is 856. The minimum absolute atomic E-state index is 0. The standard InChI is InChI=1S/C18H22N2O4S.ClH/c1-20(18(21)14-6-3-7-15(19)12-14)10-5-11-24-16-8-4-9-17(13-16)25(2,22)23;/h3-4,6-9,12-13H,5,10-11,19H2,1-2H3;1H. The molecule has 0 radical (unpaired) electrons. The van der Waals surface area contributed by atoms with E-state index in [-0.39, 0.29) is 23.2 Å². The Hall–Kier alpha value is -2.25. The van der Waals surface area contributed by atoms with Gasteiger partial charge in [-0.25, -0.2) is 8.42 Å². The molecule has 0 atom stereocenters. The highest BCUT2D eigenvalue weighted by Gasteiger charge is 2.12. The summed E-state index contributed by atoms with van der Waals surface area (Å²) in [5, 5.41) is 0. The van der Waals surface area contributed by atoms with Crippen molar-refractivity contribution in [2.45, 2.75) is 11.3 Å². The molecule has 2 rings (SSSR count). The number of benzene rings is 2. The van der Waals surface area contributed by atoms with Crippen LogP contribution in [-0.4, -0.2) is 45.7 Å². The number of ether oxygens (including phenoxy) is 1. The molecule has 2 N–H and O–H groups in total. The van der Waals surface area contributed by atoms with Crippen molar-refractivity contribution in [3.8, 4) is 5.75 Å². The fourth-order valence-corrected chi connectivity index (χ4v) is 2.94. The van der Waals surface area contributed by atoms with Gasteiger partial charge in [-0.3, -0.25) is 4.79 Å². The van der Waals surface area contributed by atoms with E-state index in [2.05, 4.69) is 0 Å². The molecule has 2 aromatic rings. The van der Waals surface area contributed by atoms with E-state index in [1.54, 1.807) is 48.3 Å². The minimum Gasteiger partial charge on any atom is -0.493 e. The van der Waals surface area contributed by atoms with Crippen LogP contribution in [-0.2, 0) is 9.84 Å². The normalized spacial score (nSPS) is 10.7. The quantitative estimate of drug-likeness (QED) is 0.572. The summed E-state index contributed by atoms with van der Waals surface area (Å²) in [7, 11) is -1.54. The van der Waals surface area contributed by atoms with E-state index in [9.17, 15) is 13.2 Å². The summed E-state index contributed by atoms with van der Waals surface area (Å²) in [6.45, 7) is 0.890. The molecule has 0 spiro atoms. The fourth-order valence-electron chi connectivity index (χ4n) is 2.28. The topological polar surface area (TPSA) is 89.7 Å². The van der Waals surface area contributed by atoms with E-state index in [0.29, 0.717) is 36.6 Å². The lowest BCUT2D eigenvalue weighted by molar-refractivity contribution is 0.0788. The van der Waals surface area contributed by atoms with E-state index >= 15 is 0 Å². The third-order valence-corrected chi connectivity index (χ3v) is 4.73. The Morgan fingerprint density at radius 3 is 2.50 bits per heavy atom. The van der Waals surface area contributed by atoms with E-state index < -0.39 is 9.84 Å². The van der Waals surface area contributed by atoms with Gasteiger partial charge in [-0.05, 0) is 42.8 Å². The second kappa shape index (κ2) is 9.45. The van der Waals surface area contributed by atoms with Crippen molar-refractivity contribution < 1.29 is 17.9 Å². The first kappa shape index (κ1) is 21.8. The molecule has 0 aromatic heterocycles. The van der Waals surface area contributed by atoms with Gasteiger partial charge in [-0.15, -0.1) is 12.4 Å². The zero-order valence-electron chi connectivity index (χ0n) is 14.7. The molecule has 0 heterocycles. The van der Waals surface area contributed by atoms with Gasteiger partial charge in [0, 0.05) is 31.1 Å². The largest absolute Gasteiger partial charge is 0.493 e. The summed E-state index contributed by atoms with van der Waals surface area (Å²) in [5.74, 6) is 0.388. The molecule has 6 nitrogen and oxygen atoms in total. The molecule has 0 unspecified atom stereocenters. The molecule has 0 saturated carbocycles. The van der Waals surface area contributed by atoms with E-state index in [1.807, 2.05) is 0 Å². The summed E-state index contributed by atoms with van der Waals surface area (Å²) in [4.78, 5) is 14.1. The summed E-state index contributed by atoms with van der Waals surface area (Å²) in [6.07, 6.45) is 1.77. The Morgan fingerprint density at radius 1 is 1.15 bits per heavy atom. The summed E-state index contributed by atoms with van der Waals surface area (Å²) >= 11 is 0. The number of anilines is 1. The Morgan fingerprint density at radius 2 is 1.85 bits per heavy atom. The van der Waals surface area contributed by atoms with E-state index in [0.717, 1.165) is 6.26 Å². The molecule has 1 amide bonds. The number of nitrogens with zero attached hydrogens (tertiary/aromatic N) is 1. The fraction of sp³-hybridized carbons (Fsp3) is 0.278. The summed E-state index contributed by atoms with van der Waals surface area (Å²) in [6, 6.07) is 13.2. The average Bonchev–Trinajstić information content (AvgIpc) is 2.57. The Balaban J connectivity index is 0.00000338. The minimum atomic E-state index is -3.26. The van der Waals surface area contributed by atoms with Crippen molar-refractivity contribution in [2.75, 3.05) is 32.2 Å². The zero-order chi connectivity index (χ0) is 18.4. The van der Waals surface area contributed by atoms with Gasteiger partial charge in [-0.1, -0.05) is 12.1 Å². The maximum atomic E-state index is 12.3. The smallest absolute Gasteiger partial charge is 0.253 e. The lowest BCUT2D eigenvalue weighted by Gasteiger charge is -2.17. The molecule has 0 aliphatic rings. The average molecular weight is 399 g/mol. The first-order valence-corrected chi connectivity index (χ1v) is 9.70. The molecule has 8 heteroatoms. The van der Waals surface area contributed by atoms with Crippen molar-refractivity contribution in [3.05, 3.63) is 54.1 Å². The van der Waals surface area contributed by atoms with Crippen molar-refractivity contribution in [2.24, 2.45) is 0 Å². The van der Waals surface area contributed by atoms with Gasteiger partial charge in [0.15, 0.2) is 9.84 Å². The number of rotatable bonds is 7. The number of carbonyl (C=O) groups excluding carboxylic acids is 1. The molecule has 0 aliphatic carbocycles. The number of nitrogens with two attached hydrogens (primary N) is 1. The van der Waals surface area contributed by atoms with Gasteiger partial charge >= 0.3 is 0 Å². The van der Waals surface area contributed by atoms with Crippen molar-refractivity contribution in [1.82, 2.24) is 4.90 Å². The van der Waals surface area contributed by atoms with Gasteiger partial charge in [-0.2, -0.15) is 0 Å². The van der Waals surface area contributed by atoms with E-state index in [4.69, 9.17) is 10.5 Å². The Kier molecular flexibility index (Phi) is 7.92. The highest BCUT2D eigenvalue weighted by molar-refractivity contribution is 7.90.